The van der Waals surface area contributed by atoms with E-state index in [1.807, 2.05) is 0 Å². The van der Waals surface area contributed by atoms with Gasteiger partial charge in [0.05, 0.1) is 11.0 Å². The Morgan fingerprint density at radius 3 is 2.44 bits per heavy atom. The quantitative estimate of drug-likeness (QED) is 0.611. The highest BCUT2D eigenvalue weighted by Gasteiger charge is 2.38. The summed E-state index contributed by atoms with van der Waals surface area (Å²) in [4.78, 5) is 13.2. The molecule has 3 rings (SSSR count). The molecule has 27 heavy (non-hydrogen) atoms. The van der Waals surface area contributed by atoms with E-state index in [-0.39, 0.29) is 11.6 Å². The van der Waals surface area contributed by atoms with Crippen LogP contribution in [0.15, 0.2) is 12.1 Å². The van der Waals surface area contributed by atoms with Crippen LogP contribution in [-0.2, 0) is 4.74 Å². The number of rotatable bonds is 5. The van der Waals surface area contributed by atoms with Gasteiger partial charge in [-0.05, 0) is 70.1 Å². The van der Waals surface area contributed by atoms with Gasteiger partial charge in [0.25, 0.3) is 0 Å². The molecule has 1 aromatic carbocycles. The van der Waals surface area contributed by atoms with Crippen molar-refractivity contribution in [1.29, 1.82) is 0 Å². The smallest absolute Gasteiger partial charge is 0.327 e. The number of piperidine rings is 1. The Kier molecular flexibility index (Phi) is 6.01. The highest BCUT2D eigenvalue weighted by Crippen LogP contribution is 2.37. The Balaban J connectivity index is 1.61. The van der Waals surface area contributed by atoms with E-state index >= 15 is 0 Å². The van der Waals surface area contributed by atoms with Crippen molar-refractivity contribution in [2.75, 3.05) is 25.5 Å². The van der Waals surface area contributed by atoms with E-state index in [4.69, 9.17) is 4.74 Å². The molecule has 0 bridgehead atoms. The fourth-order valence-corrected chi connectivity index (χ4v) is 4.58. The molecular formula is C20H30FN3O3. The summed E-state index contributed by atoms with van der Waals surface area (Å²) in [5.41, 5.74) is 0.734. The zero-order valence-corrected chi connectivity index (χ0v) is 16.5. The first-order valence-electron chi connectivity index (χ1n) is 9.81. The van der Waals surface area contributed by atoms with Crippen molar-refractivity contribution in [1.82, 2.24) is 4.90 Å². The molecule has 0 radical (unpaired) electrons. The van der Waals surface area contributed by atoms with Gasteiger partial charge in [-0.3, -0.25) is 15.0 Å². The Morgan fingerprint density at radius 1 is 1.26 bits per heavy atom. The summed E-state index contributed by atoms with van der Waals surface area (Å²) in [6.07, 6.45) is 6.65. The molecule has 0 spiro atoms. The molecular weight excluding hydrogens is 349 g/mol. The van der Waals surface area contributed by atoms with E-state index in [1.54, 1.807) is 20.1 Å². The molecule has 2 aliphatic rings. The van der Waals surface area contributed by atoms with Crippen LogP contribution in [0, 0.1) is 22.9 Å². The summed E-state index contributed by atoms with van der Waals surface area (Å²) in [5, 5.41) is 14.5. The number of nitrogens with one attached hydrogen (secondary N) is 1. The lowest BCUT2D eigenvalue weighted by molar-refractivity contribution is -0.386. The van der Waals surface area contributed by atoms with E-state index < -0.39 is 16.4 Å². The number of halogens is 1. The van der Waals surface area contributed by atoms with Gasteiger partial charge in [0, 0.05) is 31.8 Å². The highest BCUT2D eigenvalue weighted by molar-refractivity contribution is 5.64. The molecule has 0 amide bonds. The maximum atomic E-state index is 14.0. The number of ether oxygens (including phenoxy) is 1. The van der Waals surface area contributed by atoms with E-state index in [2.05, 4.69) is 17.1 Å². The second-order valence-electron chi connectivity index (χ2n) is 8.24. The minimum absolute atomic E-state index is 0.125. The van der Waals surface area contributed by atoms with Crippen molar-refractivity contribution >= 4 is 11.4 Å². The predicted octanol–water partition coefficient (Wildman–Crippen LogP) is 4.27. The minimum Gasteiger partial charge on any atom is -0.381 e. The highest BCUT2D eigenvalue weighted by atomic mass is 19.1. The number of benzene rings is 1. The molecule has 0 aromatic heterocycles. The number of nitro benzene ring substituents is 1. The van der Waals surface area contributed by atoms with Crippen LogP contribution in [0.2, 0.25) is 0 Å². The fraction of sp³-hybridized carbons (Fsp3) is 0.700. The lowest BCUT2D eigenvalue weighted by atomic mass is 9.79. The Hall–Kier alpha value is -1.73. The summed E-state index contributed by atoms with van der Waals surface area (Å²) in [6.45, 7) is 5.99. The van der Waals surface area contributed by atoms with E-state index in [0.29, 0.717) is 17.4 Å². The Morgan fingerprint density at radius 2 is 1.89 bits per heavy atom. The van der Waals surface area contributed by atoms with Gasteiger partial charge in [0.1, 0.15) is 5.69 Å². The van der Waals surface area contributed by atoms with Crippen LogP contribution in [0.4, 0.5) is 15.8 Å². The van der Waals surface area contributed by atoms with Gasteiger partial charge >= 0.3 is 5.69 Å². The molecule has 1 aliphatic heterocycles. The van der Waals surface area contributed by atoms with Crippen molar-refractivity contribution in [3.63, 3.8) is 0 Å². The Labute approximate surface area is 160 Å². The molecule has 7 heteroatoms. The first-order valence-corrected chi connectivity index (χ1v) is 9.81. The number of methoxy groups -OCH3 is 1. The number of nitro groups is 1. The van der Waals surface area contributed by atoms with Crippen LogP contribution in [0.3, 0.4) is 0 Å². The van der Waals surface area contributed by atoms with Crippen LogP contribution in [0.1, 0.15) is 51.0 Å². The van der Waals surface area contributed by atoms with Crippen molar-refractivity contribution in [2.24, 2.45) is 0 Å². The van der Waals surface area contributed by atoms with Gasteiger partial charge < -0.3 is 10.1 Å². The number of nitrogens with zero attached hydrogens (tertiary/aromatic N) is 2. The van der Waals surface area contributed by atoms with Crippen molar-refractivity contribution in [2.45, 2.75) is 70.1 Å². The standard InChI is InChI=1S/C20H30FN3O3/c1-14-12-17(21)19(24(25)26)18(13-14)22-15-6-10-23(11-7-15)20(2)8-4-16(27-3)5-9-20/h12-13,15-16,22H,4-11H2,1-3H3/t16-,20-. The first kappa shape index (κ1) is 20.0. The summed E-state index contributed by atoms with van der Waals surface area (Å²) in [7, 11) is 1.79. The fourth-order valence-electron chi connectivity index (χ4n) is 4.58. The predicted molar refractivity (Wildman–Crippen MR) is 104 cm³/mol. The van der Waals surface area contributed by atoms with Gasteiger partial charge in [-0.15, -0.1) is 0 Å². The molecule has 0 atom stereocenters. The van der Waals surface area contributed by atoms with Gasteiger partial charge in [0.15, 0.2) is 0 Å². The van der Waals surface area contributed by atoms with Crippen LogP contribution in [0.25, 0.3) is 0 Å². The third kappa shape index (κ3) is 4.41. The first-order chi connectivity index (χ1) is 12.8. The topological polar surface area (TPSA) is 67.6 Å². The molecule has 6 nitrogen and oxygen atoms in total. The van der Waals surface area contributed by atoms with E-state index in [1.165, 1.54) is 6.07 Å². The lowest BCUT2D eigenvalue weighted by Gasteiger charge is -2.48. The van der Waals surface area contributed by atoms with Crippen LogP contribution >= 0.6 is 0 Å². The summed E-state index contributed by atoms with van der Waals surface area (Å²) >= 11 is 0. The maximum absolute atomic E-state index is 14.0. The molecule has 150 valence electrons. The Bertz CT molecular complexity index is 681. The number of hydrogen-bond acceptors (Lipinski definition) is 5. The molecule has 1 N–H and O–H groups in total. The average Bonchev–Trinajstić information content (AvgIpc) is 2.62. The number of likely N-dealkylation sites (tertiary alicyclic amines) is 1. The van der Waals surface area contributed by atoms with Crippen LogP contribution in [-0.4, -0.2) is 47.7 Å². The molecule has 0 unspecified atom stereocenters. The number of aryl methyl sites for hydroxylation is 1. The van der Waals surface area contributed by atoms with Gasteiger partial charge in [-0.1, -0.05) is 0 Å². The molecule has 2 fully saturated rings. The van der Waals surface area contributed by atoms with Gasteiger partial charge in [0.2, 0.25) is 5.82 Å². The zero-order valence-electron chi connectivity index (χ0n) is 16.5. The number of hydrogen-bond donors (Lipinski definition) is 1. The van der Waals surface area contributed by atoms with Crippen molar-refractivity contribution in [3.8, 4) is 0 Å². The van der Waals surface area contributed by atoms with Gasteiger partial charge in [-0.25, -0.2) is 0 Å². The normalized spacial score (nSPS) is 27.5. The SMILES string of the molecule is CO[C@H]1CC[C@](C)(N2CCC(Nc3cc(C)cc(F)c3[N+](=O)[O-])CC2)CC1. The minimum atomic E-state index is -0.776. The molecule has 1 aromatic rings. The molecule has 1 saturated heterocycles. The largest absolute Gasteiger partial charge is 0.381 e. The molecule has 1 aliphatic carbocycles. The monoisotopic (exact) mass is 379 g/mol. The van der Waals surface area contributed by atoms with Crippen LogP contribution < -0.4 is 5.32 Å². The third-order valence-corrected chi connectivity index (χ3v) is 6.35. The van der Waals surface area contributed by atoms with Gasteiger partial charge in [-0.2, -0.15) is 4.39 Å². The maximum Gasteiger partial charge on any atom is 0.327 e. The average molecular weight is 379 g/mol. The lowest BCUT2D eigenvalue weighted by Crippen LogP contribution is -2.53. The third-order valence-electron chi connectivity index (χ3n) is 6.35. The second kappa shape index (κ2) is 8.10. The summed E-state index contributed by atoms with van der Waals surface area (Å²) in [6, 6.07) is 3.00. The van der Waals surface area contributed by atoms with E-state index in [9.17, 15) is 14.5 Å². The molecule has 1 saturated carbocycles. The summed E-state index contributed by atoms with van der Waals surface area (Å²) in [5.74, 6) is -0.776. The molecule has 1 heterocycles. The zero-order chi connectivity index (χ0) is 19.6. The second-order valence-corrected chi connectivity index (χ2v) is 8.24. The van der Waals surface area contributed by atoms with Crippen molar-refractivity contribution < 1.29 is 14.1 Å². The van der Waals surface area contributed by atoms with Crippen LogP contribution in [0.5, 0.6) is 0 Å². The van der Waals surface area contributed by atoms with Crippen molar-refractivity contribution in [3.05, 3.63) is 33.6 Å². The van der Waals surface area contributed by atoms with E-state index in [0.717, 1.165) is 51.6 Å². The summed E-state index contributed by atoms with van der Waals surface area (Å²) < 4.78 is 19.5. The number of anilines is 1.